The van der Waals surface area contributed by atoms with E-state index in [1.54, 1.807) is 12.1 Å². The van der Waals surface area contributed by atoms with E-state index in [9.17, 15) is 9.90 Å². The standard InChI is InChI=1S/C14H20O5/c1-8-5-11(6-13(18-4)9(8)2)14(17)19-10(3)12(16)7-15/h5-6,10,12,15-16H,7H2,1-4H3/t10-,12+/m1/s1. The molecule has 0 saturated carbocycles. The maximum atomic E-state index is 11.9. The minimum Gasteiger partial charge on any atom is -0.496 e. The smallest absolute Gasteiger partial charge is 0.338 e. The number of aliphatic hydroxyl groups excluding tert-OH is 2. The Labute approximate surface area is 112 Å². The van der Waals surface area contributed by atoms with Gasteiger partial charge in [-0.2, -0.15) is 0 Å². The summed E-state index contributed by atoms with van der Waals surface area (Å²) in [5.41, 5.74) is 2.24. The number of aliphatic hydroxyl groups is 2. The number of ether oxygens (including phenoxy) is 2. The van der Waals surface area contributed by atoms with Gasteiger partial charge in [-0.05, 0) is 44.0 Å². The molecule has 1 aromatic carbocycles. The molecule has 5 heteroatoms. The van der Waals surface area contributed by atoms with Crippen LogP contribution in [0.4, 0.5) is 0 Å². The highest BCUT2D eigenvalue weighted by Crippen LogP contribution is 2.24. The van der Waals surface area contributed by atoms with Gasteiger partial charge in [0, 0.05) is 0 Å². The Kier molecular flexibility index (Phi) is 5.32. The Morgan fingerprint density at radius 1 is 1.37 bits per heavy atom. The second-order valence-corrected chi connectivity index (χ2v) is 4.48. The van der Waals surface area contributed by atoms with Crippen LogP contribution in [0.1, 0.15) is 28.4 Å². The number of esters is 1. The van der Waals surface area contributed by atoms with Gasteiger partial charge >= 0.3 is 5.97 Å². The van der Waals surface area contributed by atoms with E-state index < -0.39 is 24.8 Å². The number of carbonyl (C=O) groups excluding carboxylic acids is 1. The van der Waals surface area contributed by atoms with Gasteiger partial charge in [0.15, 0.2) is 0 Å². The molecule has 1 rings (SSSR count). The van der Waals surface area contributed by atoms with Crippen molar-refractivity contribution in [2.45, 2.75) is 33.0 Å². The summed E-state index contributed by atoms with van der Waals surface area (Å²) in [7, 11) is 1.54. The SMILES string of the molecule is COc1cc(C(=O)O[C@H](C)[C@@H](O)CO)cc(C)c1C. The monoisotopic (exact) mass is 268 g/mol. The quantitative estimate of drug-likeness (QED) is 0.785. The van der Waals surface area contributed by atoms with Crippen molar-refractivity contribution in [3.63, 3.8) is 0 Å². The second-order valence-electron chi connectivity index (χ2n) is 4.48. The minimum atomic E-state index is -1.09. The topological polar surface area (TPSA) is 76.0 Å². The van der Waals surface area contributed by atoms with Gasteiger partial charge in [-0.3, -0.25) is 0 Å². The molecule has 0 aromatic heterocycles. The van der Waals surface area contributed by atoms with Gasteiger partial charge in [0.05, 0.1) is 19.3 Å². The van der Waals surface area contributed by atoms with Gasteiger partial charge in [0.2, 0.25) is 0 Å². The van der Waals surface area contributed by atoms with Gasteiger partial charge in [-0.25, -0.2) is 4.79 Å². The molecule has 0 aliphatic rings. The summed E-state index contributed by atoms with van der Waals surface area (Å²) in [4.78, 5) is 11.9. The van der Waals surface area contributed by atoms with E-state index in [1.165, 1.54) is 14.0 Å². The maximum Gasteiger partial charge on any atom is 0.338 e. The van der Waals surface area contributed by atoms with Crippen molar-refractivity contribution in [2.75, 3.05) is 13.7 Å². The first-order valence-corrected chi connectivity index (χ1v) is 6.05. The number of aryl methyl sites for hydroxylation is 1. The number of carbonyl (C=O) groups is 1. The highest BCUT2D eigenvalue weighted by Gasteiger charge is 2.20. The summed E-state index contributed by atoms with van der Waals surface area (Å²) in [6, 6.07) is 3.31. The van der Waals surface area contributed by atoms with Gasteiger partial charge < -0.3 is 19.7 Å². The zero-order valence-electron chi connectivity index (χ0n) is 11.6. The van der Waals surface area contributed by atoms with E-state index in [2.05, 4.69) is 0 Å². The van der Waals surface area contributed by atoms with Crippen molar-refractivity contribution >= 4 is 5.97 Å². The lowest BCUT2D eigenvalue weighted by Crippen LogP contribution is -2.31. The third-order valence-electron chi connectivity index (χ3n) is 3.10. The zero-order valence-corrected chi connectivity index (χ0v) is 11.6. The van der Waals surface area contributed by atoms with Crippen molar-refractivity contribution in [3.05, 3.63) is 28.8 Å². The van der Waals surface area contributed by atoms with E-state index in [4.69, 9.17) is 14.6 Å². The Balaban J connectivity index is 2.91. The summed E-state index contributed by atoms with van der Waals surface area (Å²) in [5.74, 6) is 0.0590. The molecule has 2 N–H and O–H groups in total. The molecule has 0 aliphatic heterocycles. The molecule has 0 aliphatic carbocycles. The van der Waals surface area contributed by atoms with Gasteiger partial charge in [0.1, 0.15) is 18.0 Å². The van der Waals surface area contributed by atoms with E-state index in [0.717, 1.165) is 11.1 Å². The Hall–Kier alpha value is -1.59. The molecule has 0 unspecified atom stereocenters. The Morgan fingerprint density at radius 2 is 2.00 bits per heavy atom. The van der Waals surface area contributed by atoms with Crippen LogP contribution in [0.5, 0.6) is 5.75 Å². The number of hydrogen-bond donors (Lipinski definition) is 2. The van der Waals surface area contributed by atoms with Crippen LogP contribution in [0, 0.1) is 13.8 Å². The van der Waals surface area contributed by atoms with Gasteiger partial charge in [-0.1, -0.05) is 0 Å². The Morgan fingerprint density at radius 3 is 2.53 bits per heavy atom. The summed E-state index contributed by atoms with van der Waals surface area (Å²) in [5, 5.41) is 18.2. The molecule has 0 heterocycles. The van der Waals surface area contributed by atoms with Crippen molar-refractivity contribution in [1.82, 2.24) is 0 Å². The molecule has 0 bridgehead atoms. The second kappa shape index (κ2) is 6.54. The zero-order chi connectivity index (χ0) is 14.6. The lowest BCUT2D eigenvalue weighted by Gasteiger charge is -2.18. The van der Waals surface area contributed by atoms with Crippen molar-refractivity contribution in [2.24, 2.45) is 0 Å². The van der Waals surface area contributed by atoms with Crippen LogP contribution >= 0.6 is 0 Å². The minimum absolute atomic E-state index is 0.358. The molecule has 0 amide bonds. The average molecular weight is 268 g/mol. The van der Waals surface area contributed by atoms with Crippen LogP contribution in [-0.4, -0.2) is 42.1 Å². The van der Waals surface area contributed by atoms with Crippen molar-refractivity contribution < 1.29 is 24.5 Å². The fraction of sp³-hybridized carbons (Fsp3) is 0.500. The van der Waals surface area contributed by atoms with Crippen LogP contribution in [-0.2, 0) is 4.74 Å². The summed E-state index contributed by atoms with van der Waals surface area (Å²) >= 11 is 0. The van der Waals surface area contributed by atoms with Crippen LogP contribution in [0.25, 0.3) is 0 Å². The Bertz CT molecular complexity index is 455. The fourth-order valence-electron chi connectivity index (χ4n) is 1.62. The number of hydrogen-bond acceptors (Lipinski definition) is 5. The van der Waals surface area contributed by atoms with E-state index in [1.807, 2.05) is 13.8 Å². The van der Waals surface area contributed by atoms with E-state index in [0.29, 0.717) is 11.3 Å². The predicted molar refractivity (Wildman–Crippen MR) is 70.4 cm³/mol. The lowest BCUT2D eigenvalue weighted by atomic mass is 10.0. The molecule has 0 radical (unpaired) electrons. The molecule has 0 fully saturated rings. The maximum absolute atomic E-state index is 11.9. The van der Waals surface area contributed by atoms with E-state index in [-0.39, 0.29) is 0 Å². The number of methoxy groups -OCH3 is 1. The third-order valence-corrected chi connectivity index (χ3v) is 3.10. The summed E-state index contributed by atoms with van der Waals surface area (Å²) in [6.45, 7) is 4.85. The highest BCUT2D eigenvalue weighted by atomic mass is 16.6. The van der Waals surface area contributed by atoms with Crippen molar-refractivity contribution in [1.29, 1.82) is 0 Å². The van der Waals surface area contributed by atoms with Gasteiger partial charge in [-0.15, -0.1) is 0 Å². The lowest BCUT2D eigenvalue weighted by molar-refractivity contribution is -0.0294. The van der Waals surface area contributed by atoms with Crippen LogP contribution < -0.4 is 4.74 Å². The van der Waals surface area contributed by atoms with Crippen LogP contribution in [0.15, 0.2) is 12.1 Å². The van der Waals surface area contributed by atoms with Gasteiger partial charge in [0.25, 0.3) is 0 Å². The molecule has 5 nitrogen and oxygen atoms in total. The van der Waals surface area contributed by atoms with Crippen LogP contribution in [0.3, 0.4) is 0 Å². The van der Waals surface area contributed by atoms with Crippen molar-refractivity contribution in [3.8, 4) is 5.75 Å². The van der Waals surface area contributed by atoms with Crippen LogP contribution in [0.2, 0.25) is 0 Å². The molecule has 106 valence electrons. The molecule has 1 aromatic rings. The number of rotatable bonds is 5. The molecule has 0 saturated heterocycles. The van der Waals surface area contributed by atoms with E-state index >= 15 is 0 Å². The normalized spacial score (nSPS) is 13.8. The fourth-order valence-corrected chi connectivity index (χ4v) is 1.62. The highest BCUT2D eigenvalue weighted by molar-refractivity contribution is 5.90. The molecular weight excluding hydrogens is 248 g/mol. The largest absolute Gasteiger partial charge is 0.496 e. The first-order chi connectivity index (χ1) is 8.90. The summed E-state index contributed by atoms with van der Waals surface area (Å²) < 4.78 is 10.3. The molecule has 2 atom stereocenters. The first-order valence-electron chi connectivity index (χ1n) is 6.05. The first kappa shape index (κ1) is 15.5. The summed E-state index contributed by atoms with van der Waals surface area (Å²) in [6.07, 6.45) is -1.86. The predicted octanol–water partition coefficient (Wildman–Crippen LogP) is 1.21. The molecule has 0 spiro atoms. The average Bonchev–Trinajstić information content (AvgIpc) is 2.40. The number of benzene rings is 1. The molecular formula is C14H20O5. The molecule has 19 heavy (non-hydrogen) atoms. The third kappa shape index (κ3) is 3.68.